The van der Waals surface area contributed by atoms with Crippen LogP contribution in [0.1, 0.15) is 39.9 Å². The third kappa shape index (κ3) is 3.92. The summed E-state index contributed by atoms with van der Waals surface area (Å²) in [5, 5.41) is 6.28. The molecular weight excluding hydrogens is 300 g/mol. The molecule has 1 amide bonds. The lowest BCUT2D eigenvalue weighted by Crippen LogP contribution is -2.26. The highest BCUT2D eigenvalue weighted by Gasteiger charge is 2.44. The number of hydrogen-bond donors (Lipinski definition) is 1. The standard InChI is InChI=1S/C16H20N2OS2/c1-11-5-6-14(21-11)12-10-13(12)16(19)18-7-3-2-4-15-17-8-9-20-15/h5-6,8-9,12-13H,2-4,7,10H2,1H3,(H,18,19)/t12-,13+/m0/s1. The van der Waals surface area contributed by atoms with E-state index in [2.05, 4.69) is 29.4 Å². The van der Waals surface area contributed by atoms with Crippen molar-refractivity contribution in [2.75, 3.05) is 6.54 Å². The van der Waals surface area contributed by atoms with E-state index in [4.69, 9.17) is 0 Å². The molecule has 0 bridgehead atoms. The van der Waals surface area contributed by atoms with Gasteiger partial charge in [0.25, 0.3) is 0 Å². The van der Waals surface area contributed by atoms with Crippen LogP contribution in [-0.4, -0.2) is 17.4 Å². The van der Waals surface area contributed by atoms with Crippen LogP contribution in [0.15, 0.2) is 23.7 Å². The molecule has 2 aromatic rings. The van der Waals surface area contributed by atoms with Gasteiger partial charge in [0, 0.05) is 39.7 Å². The first kappa shape index (κ1) is 14.7. The molecule has 2 atom stereocenters. The van der Waals surface area contributed by atoms with E-state index in [0.717, 1.165) is 32.2 Å². The van der Waals surface area contributed by atoms with Gasteiger partial charge in [-0.25, -0.2) is 4.98 Å². The van der Waals surface area contributed by atoms with Crippen LogP contribution in [0.5, 0.6) is 0 Å². The smallest absolute Gasteiger partial charge is 0.223 e. The molecule has 0 spiro atoms. The van der Waals surface area contributed by atoms with Crippen molar-refractivity contribution < 1.29 is 4.79 Å². The Morgan fingerprint density at radius 3 is 3.05 bits per heavy atom. The molecule has 1 aliphatic rings. The summed E-state index contributed by atoms with van der Waals surface area (Å²) >= 11 is 3.53. The fraction of sp³-hybridized carbons (Fsp3) is 0.500. The number of amides is 1. The Morgan fingerprint density at radius 2 is 2.33 bits per heavy atom. The number of hydrogen-bond acceptors (Lipinski definition) is 4. The maximum absolute atomic E-state index is 12.1. The SMILES string of the molecule is Cc1ccc([C@H]2C[C@H]2C(=O)NCCCCc2nccs2)s1. The number of nitrogens with one attached hydrogen (secondary N) is 1. The zero-order valence-corrected chi connectivity index (χ0v) is 13.8. The number of thiazole rings is 1. The van der Waals surface area contributed by atoms with E-state index in [1.807, 2.05) is 22.9 Å². The van der Waals surface area contributed by atoms with Crippen molar-refractivity contribution in [1.82, 2.24) is 10.3 Å². The molecular formula is C16H20N2OS2. The van der Waals surface area contributed by atoms with Crippen LogP contribution in [0.3, 0.4) is 0 Å². The molecule has 5 heteroatoms. The predicted molar refractivity (Wildman–Crippen MR) is 88.0 cm³/mol. The van der Waals surface area contributed by atoms with Crippen molar-refractivity contribution in [3.05, 3.63) is 38.5 Å². The summed E-state index contributed by atoms with van der Waals surface area (Å²) in [5.41, 5.74) is 0. The minimum atomic E-state index is 0.210. The van der Waals surface area contributed by atoms with Crippen molar-refractivity contribution in [3.63, 3.8) is 0 Å². The van der Waals surface area contributed by atoms with Crippen LogP contribution < -0.4 is 5.32 Å². The molecule has 0 radical (unpaired) electrons. The third-order valence-electron chi connectivity index (χ3n) is 3.85. The fourth-order valence-electron chi connectivity index (χ4n) is 2.57. The summed E-state index contributed by atoms with van der Waals surface area (Å²) in [6.45, 7) is 2.91. The molecule has 0 saturated heterocycles. The average Bonchev–Trinajstić information content (AvgIpc) is 2.88. The molecule has 112 valence electrons. The molecule has 0 aromatic carbocycles. The van der Waals surface area contributed by atoms with Gasteiger partial charge in [0.2, 0.25) is 5.91 Å². The van der Waals surface area contributed by atoms with Crippen LogP contribution in [0.25, 0.3) is 0 Å². The van der Waals surface area contributed by atoms with Crippen LogP contribution in [0.2, 0.25) is 0 Å². The van der Waals surface area contributed by atoms with Crippen molar-refractivity contribution in [2.45, 2.75) is 38.5 Å². The second-order valence-corrected chi connectivity index (χ2v) is 7.87. The van der Waals surface area contributed by atoms with Crippen molar-refractivity contribution >= 4 is 28.6 Å². The average molecular weight is 320 g/mol. The highest BCUT2D eigenvalue weighted by atomic mass is 32.1. The minimum absolute atomic E-state index is 0.210. The number of aryl methyl sites for hydroxylation is 2. The zero-order chi connectivity index (χ0) is 14.7. The number of carbonyl (C=O) groups is 1. The van der Waals surface area contributed by atoms with E-state index in [9.17, 15) is 4.79 Å². The van der Waals surface area contributed by atoms with Crippen LogP contribution in [0, 0.1) is 12.8 Å². The van der Waals surface area contributed by atoms with Gasteiger partial charge in [0.1, 0.15) is 0 Å². The minimum Gasteiger partial charge on any atom is -0.356 e. The highest BCUT2D eigenvalue weighted by Crippen LogP contribution is 2.49. The van der Waals surface area contributed by atoms with Gasteiger partial charge < -0.3 is 5.32 Å². The van der Waals surface area contributed by atoms with Crippen molar-refractivity contribution in [2.24, 2.45) is 5.92 Å². The maximum Gasteiger partial charge on any atom is 0.223 e. The van der Waals surface area contributed by atoms with Crippen LogP contribution in [0.4, 0.5) is 0 Å². The normalized spacial score (nSPS) is 20.4. The van der Waals surface area contributed by atoms with Crippen molar-refractivity contribution in [3.8, 4) is 0 Å². The summed E-state index contributed by atoms with van der Waals surface area (Å²) in [4.78, 5) is 19.0. The number of rotatable bonds is 7. The molecule has 2 heterocycles. The van der Waals surface area contributed by atoms with Crippen LogP contribution in [-0.2, 0) is 11.2 Å². The number of aromatic nitrogens is 1. The summed E-state index contributed by atoms with van der Waals surface area (Å²) in [5.74, 6) is 0.918. The second-order valence-electron chi connectivity index (χ2n) is 5.57. The molecule has 1 saturated carbocycles. The van der Waals surface area contributed by atoms with E-state index < -0.39 is 0 Å². The lowest BCUT2D eigenvalue weighted by atomic mass is 10.2. The fourth-order valence-corrected chi connectivity index (χ4v) is 4.29. The molecule has 1 fully saturated rings. The molecule has 0 unspecified atom stereocenters. The maximum atomic E-state index is 12.1. The van der Waals surface area contributed by atoms with E-state index in [1.54, 1.807) is 11.3 Å². The topological polar surface area (TPSA) is 42.0 Å². The van der Waals surface area contributed by atoms with E-state index in [-0.39, 0.29) is 11.8 Å². The Labute approximate surface area is 133 Å². The van der Waals surface area contributed by atoms with E-state index in [1.165, 1.54) is 14.8 Å². The first-order valence-corrected chi connectivity index (χ1v) is 9.16. The molecule has 3 nitrogen and oxygen atoms in total. The lowest BCUT2D eigenvalue weighted by molar-refractivity contribution is -0.122. The van der Waals surface area contributed by atoms with Gasteiger partial charge in [0.05, 0.1) is 5.01 Å². The lowest BCUT2D eigenvalue weighted by Gasteiger charge is -2.04. The zero-order valence-electron chi connectivity index (χ0n) is 12.2. The molecule has 21 heavy (non-hydrogen) atoms. The quantitative estimate of drug-likeness (QED) is 0.789. The molecule has 0 aliphatic heterocycles. The van der Waals surface area contributed by atoms with Gasteiger partial charge in [0.15, 0.2) is 0 Å². The first-order valence-electron chi connectivity index (χ1n) is 7.46. The highest BCUT2D eigenvalue weighted by molar-refractivity contribution is 7.12. The Kier molecular flexibility index (Phi) is 4.70. The third-order valence-corrected chi connectivity index (χ3v) is 5.83. The largest absolute Gasteiger partial charge is 0.356 e. The number of nitrogens with zero attached hydrogens (tertiary/aromatic N) is 1. The van der Waals surface area contributed by atoms with Gasteiger partial charge in [-0.1, -0.05) is 0 Å². The number of carbonyl (C=O) groups excluding carboxylic acids is 1. The molecule has 3 rings (SSSR count). The van der Waals surface area contributed by atoms with Gasteiger partial charge in [-0.05, 0) is 44.7 Å². The Balaban J connectivity index is 1.32. The van der Waals surface area contributed by atoms with Crippen LogP contribution >= 0.6 is 22.7 Å². The number of thiophene rings is 1. The first-order chi connectivity index (χ1) is 10.2. The van der Waals surface area contributed by atoms with Gasteiger partial charge in [-0.15, -0.1) is 22.7 Å². The predicted octanol–water partition coefficient (Wildman–Crippen LogP) is 3.76. The van der Waals surface area contributed by atoms with E-state index in [0.29, 0.717) is 5.92 Å². The summed E-state index contributed by atoms with van der Waals surface area (Å²) in [6.07, 6.45) is 6.01. The van der Waals surface area contributed by atoms with Gasteiger partial charge in [-0.2, -0.15) is 0 Å². The van der Waals surface area contributed by atoms with E-state index >= 15 is 0 Å². The van der Waals surface area contributed by atoms with Gasteiger partial charge >= 0.3 is 0 Å². The number of unbranched alkanes of at least 4 members (excludes halogenated alkanes) is 1. The Hall–Kier alpha value is -1.20. The van der Waals surface area contributed by atoms with Crippen molar-refractivity contribution in [1.29, 1.82) is 0 Å². The van der Waals surface area contributed by atoms with Gasteiger partial charge in [-0.3, -0.25) is 4.79 Å². The molecule has 2 aromatic heterocycles. The Morgan fingerprint density at radius 1 is 1.43 bits per heavy atom. The monoisotopic (exact) mass is 320 g/mol. The molecule has 1 aliphatic carbocycles. The Bertz CT molecular complexity index is 591. The molecule has 1 N–H and O–H groups in total. The summed E-state index contributed by atoms with van der Waals surface area (Å²) in [7, 11) is 0. The summed E-state index contributed by atoms with van der Waals surface area (Å²) in [6, 6.07) is 4.32. The second kappa shape index (κ2) is 6.71. The summed E-state index contributed by atoms with van der Waals surface area (Å²) < 4.78 is 0.